The fourth-order valence-electron chi connectivity index (χ4n) is 2.16. The van der Waals surface area contributed by atoms with Crippen molar-refractivity contribution in [2.45, 2.75) is 6.10 Å². The summed E-state index contributed by atoms with van der Waals surface area (Å²) in [6, 6.07) is 15.2. The van der Waals surface area contributed by atoms with Gasteiger partial charge in [0.15, 0.2) is 0 Å². The predicted molar refractivity (Wildman–Crippen MR) is 85.0 cm³/mol. The molecule has 1 unspecified atom stereocenters. The minimum absolute atomic E-state index is 0.585. The molecule has 0 radical (unpaired) electrons. The Hall–Kier alpha value is -1.42. The molecular formula is C16H11BrClNO. The maximum Gasteiger partial charge on any atom is 0.106 e. The van der Waals surface area contributed by atoms with E-state index in [4.69, 9.17) is 11.6 Å². The van der Waals surface area contributed by atoms with Gasteiger partial charge in [0.2, 0.25) is 0 Å². The first-order chi connectivity index (χ1) is 9.63. The van der Waals surface area contributed by atoms with Crippen molar-refractivity contribution < 1.29 is 5.11 Å². The van der Waals surface area contributed by atoms with E-state index in [2.05, 4.69) is 20.9 Å². The van der Waals surface area contributed by atoms with E-state index in [0.717, 1.165) is 26.5 Å². The standard InChI is InChI=1S/C16H11BrClNO/c17-13-6-11(7-14(18)8-13)16(20)12-5-10-3-1-2-4-15(10)19-9-12/h1-9,16,20H. The predicted octanol–water partition coefficient (Wildman–Crippen LogP) is 4.73. The van der Waals surface area contributed by atoms with Crippen molar-refractivity contribution in [2.75, 3.05) is 0 Å². The second kappa shape index (κ2) is 5.52. The second-order valence-corrected chi connectivity index (χ2v) is 5.92. The van der Waals surface area contributed by atoms with Gasteiger partial charge in [-0.3, -0.25) is 4.98 Å². The van der Waals surface area contributed by atoms with E-state index in [1.54, 1.807) is 18.3 Å². The van der Waals surface area contributed by atoms with Crippen LogP contribution in [0.1, 0.15) is 17.2 Å². The molecule has 0 amide bonds. The molecule has 1 aromatic heterocycles. The van der Waals surface area contributed by atoms with Crippen molar-refractivity contribution in [3.05, 3.63) is 75.4 Å². The molecule has 3 rings (SSSR count). The zero-order chi connectivity index (χ0) is 14.1. The average Bonchev–Trinajstić information content (AvgIpc) is 2.45. The summed E-state index contributed by atoms with van der Waals surface area (Å²) < 4.78 is 0.841. The minimum Gasteiger partial charge on any atom is -0.384 e. The molecule has 0 aliphatic carbocycles. The van der Waals surface area contributed by atoms with Gasteiger partial charge in [0.05, 0.1) is 5.52 Å². The van der Waals surface area contributed by atoms with Crippen LogP contribution in [0.3, 0.4) is 0 Å². The van der Waals surface area contributed by atoms with Crippen LogP contribution in [0.15, 0.2) is 59.2 Å². The van der Waals surface area contributed by atoms with Gasteiger partial charge in [0.1, 0.15) is 6.10 Å². The lowest BCUT2D eigenvalue weighted by Gasteiger charge is -2.13. The third-order valence-corrected chi connectivity index (χ3v) is 3.80. The molecular weight excluding hydrogens is 338 g/mol. The lowest BCUT2D eigenvalue weighted by atomic mass is 10.0. The number of fused-ring (bicyclic) bond motifs is 1. The number of aliphatic hydroxyl groups excluding tert-OH is 1. The van der Waals surface area contributed by atoms with E-state index in [0.29, 0.717) is 5.02 Å². The van der Waals surface area contributed by atoms with Crippen LogP contribution in [0.2, 0.25) is 5.02 Å². The third kappa shape index (κ3) is 2.70. The number of hydrogen-bond acceptors (Lipinski definition) is 2. The van der Waals surface area contributed by atoms with Gasteiger partial charge < -0.3 is 5.11 Å². The number of benzene rings is 2. The molecule has 1 atom stereocenters. The van der Waals surface area contributed by atoms with Crippen molar-refractivity contribution in [3.63, 3.8) is 0 Å². The van der Waals surface area contributed by atoms with Crippen LogP contribution >= 0.6 is 27.5 Å². The van der Waals surface area contributed by atoms with Crippen LogP contribution in [0, 0.1) is 0 Å². The largest absolute Gasteiger partial charge is 0.384 e. The summed E-state index contributed by atoms with van der Waals surface area (Å²) in [5.41, 5.74) is 2.40. The summed E-state index contributed by atoms with van der Waals surface area (Å²) in [6.07, 6.45) is 0.948. The second-order valence-electron chi connectivity index (χ2n) is 4.57. The Kier molecular flexibility index (Phi) is 3.74. The van der Waals surface area contributed by atoms with Crippen molar-refractivity contribution >= 4 is 38.4 Å². The van der Waals surface area contributed by atoms with Crippen LogP contribution in [-0.4, -0.2) is 10.1 Å². The molecule has 0 bridgehead atoms. The van der Waals surface area contributed by atoms with Crippen molar-refractivity contribution in [1.29, 1.82) is 0 Å². The quantitative estimate of drug-likeness (QED) is 0.726. The number of hydrogen-bond donors (Lipinski definition) is 1. The van der Waals surface area contributed by atoms with Crippen LogP contribution in [-0.2, 0) is 0 Å². The number of aromatic nitrogens is 1. The topological polar surface area (TPSA) is 33.1 Å². The molecule has 2 nitrogen and oxygen atoms in total. The zero-order valence-corrected chi connectivity index (χ0v) is 12.8. The van der Waals surface area contributed by atoms with E-state index >= 15 is 0 Å². The van der Waals surface area contributed by atoms with Crippen LogP contribution in [0.4, 0.5) is 0 Å². The zero-order valence-electron chi connectivity index (χ0n) is 10.4. The normalized spacial score (nSPS) is 12.6. The molecule has 20 heavy (non-hydrogen) atoms. The Morgan fingerprint density at radius 3 is 2.65 bits per heavy atom. The number of nitrogens with zero attached hydrogens (tertiary/aromatic N) is 1. The summed E-state index contributed by atoms with van der Waals surface area (Å²) in [5.74, 6) is 0. The van der Waals surface area contributed by atoms with Crippen LogP contribution in [0.25, 0.3) is 10.9 Å². The number of aliphatic hydroxyl groups is 1. The number of halogens is 2. The number of pyridine rings is 1. The molecule has 0 saturated heterocycles. The summed E-state index contributed by atoms with van der Waals surface area (Å²) in [5, 5.41) is 12.1. The molecule has 0 spiro atoms. The van der Waals surface area contributed by atoms with Crippen molar-refractivity contribution in [1.82, 2.24) is 4.98 Å². The summed E-state index contributed by atoms with van der Waals surface area (Å²) in [7, 11) is 0. The number of rotatable bonds is 2. The van der Waals surface area contributed by atoms with E-state index in [-0.39, 0.29) is 0 Å². The Labute approximate surface area is 130 Å². The van der Waals surface area contributed by atoms with Crippen molar-refractivity contribution in [2.24, 2.45) is 0 Å². The monoisotopic (exact) mass is 347 g/mol. The molecule has 4 heteroatoms. The fourth-order valence-corrected chi connectivity index (χ4v) is 3.05. The van der Waals surface area contributed by atoms with Crippen LogP contribution < -0.4 is 0 Å². The summed E-state index contributed by atoms with van der Waals surface area (Å²) in [6.45, 7) is 0. The molecule has 3 aromatic rings. The first-order valence-corrected chi connectivity index (χ1v) is 7.29. The third-order valence-electron chi connectivity index (χ3n) is 3.13. The van der Waals surface area contributed by atoms with E-state index in [1.807, 2.05) is 36.4 Å². The van der Waals surface area contributed by atoms with Gasteiger partial charge in [-0.1, -0.05) is 45.7 Å². The van der Waals surface area contributed by atoms with E-state index in [9.17, 15) is 5.11 Å². The van der Waals surface area contributed by atoms with Gasteiger partial charge in [-0.15, -0.1) is 0 Å². The van der Waals surface area contributed by atoms with Gasteiger partial charge in [0, 0.05) is 26.6 Å². The summed E-state index contributed by atoms with van der Waals surface area (Å²) >= 11 is 9.40. The minimum atomic E-state index is -0.748. The number of para-hydroxylation sites is 1. The molecule has 0 saturated carbocycles. The molecule has 1 heterocycles. The van der Waals surface area contributed by atoms with Gasteiger partial charge in [-0.2, -0.15) is 0 Å². The van der Waals surface area contributed by atoms with Gasteiger partial charge in [-0.25, -0.2) is 0 Å². The maximum absolute atomic E-state index is 10.5. The van der Waals surface area contributed by atoms with Gasteiger partial charge in [-0.05, 0) is 35.9 Å². The molecule has 2 aromatic carbocycles. The summed E-state index contributed by atoms with van der Waals surface area (Å²) in [4.78, 5) is 4.37. The van der Waals surface area contributed by atoms with E-state index in [1.165, 1.54) is 0 Å². The van der Waals surface area contributed by atoms with Crippen molar-refractivity contribution in [3.8, 4) is 0 Å². The molecule has 0 fully saturated rings. The highest BCUT2D eigenvalue weighted by atomic mass is 79.9. The Morgan fingerprint density at radius 2 is 1.85 bits per heavy atom. The smallest absolute Gasteiger partial charge is 0.106 e. The van der Waals surface area contributed by atoms with Gasteiger partial charge in [0.25, 0.3) is 0 Å². The first-order valence-electron chi connectivity index (χ1n) is 6.12. The molecule has 100 valence electrons. The maximum atomic E-state index is 10.5. The van der Waals surface area contributed by atoms with E-state index < -0.39 is 6.10 Å². The molecule has 1 N–H and O–H groups in total. The Morgan fingerprint density at radius 1 is 1.05 bits per heavy atom. The average molecular weight is 349 g/mol. The molecule has 0 aliphatic heterocycles. The molecule has 0 aliphatic rings. The Balaban J connectivity index is 2.05. The lowest BCUT2D eigenvalue weighted by Crippen LogP contribution is -2.00. The Bertz CT molecular complexity index is 755. The highest BCUT2D eigenvalue weighted by Crippen LogP contribution is 2.28. The highest BCUT2D eigenvalue weighted by Gasteiger charge is 2.13. The lowest BCUT2D eigenvalue weighted by molar-refractivity contribution is 0.220. The van der Waals surface area contributed by atoms with Gasteiger partial charge >= 0.3 is 0 Å². The SMILES string of the molecule is OC(c1cc(Cl)cc(Br)c1)c1cnc2ccccc2c1. The van der Waals surface area contributed by atoms with Crippen LogP contribution in [0.5, 0.6) is 0 Å². The first kappa shape index (κ1) is 13.6. The highest BCUT2D eigenvalue weighted by molar-refractivity contribution is 9.10. The fraction of sp³-hybridized carbons (Fsp3) is 0.0625.